The van der Waals surface area contributed by atoms with Crippen molar-refractivity contribution in [2.75, 3.05) is 17.3 Å². The SMILES string of the molecule is CC(CS(C)=O)Nc1nccc2sccc12. The summed E-state index contributed by atoms with van der Waals surface area (Å²) < 4.78 is 12.3. The summed E-state index contributed by atoms with van der Waals surface area (Å²) in [6, 6.07) is 4.24. The Hall–Kier alpha value is -0.940. The van der Waals surface area contributed by atoms with Gasteiger partial charge in [0.15, 0.2) is 0 Å². The maximum atomic E-state index is 11.1. The minimum atomic E-state index is -0.781. The molecule has 0 radical (unpaired) electrons. The highest BCUT2D eigenvalue weighted by Crippen LogP contribution is 2.26. The third-order valence-corrected chi connectivity index (χ3v) is 4.10. The lowest BCUT2D eigenvalue weighted by molar-refractivity contribution is 0.683. The molecule has 2 rings (SSSR count). The largest absolute Gasteiger partial charge is 0.366 e. The number of aromatic nitrogens is 1. The van der Waals surface area contributed by atoms with E-state index in [0.29, 0.717) is 5.75 Å². The van der Waals surface area contributed by atoms with E-state index in [-0.39, 0.29) is 6.04 Å². The Morgan fingerprint density at radius 3 is 3.12 bits per heavy atom. The van der Waals surface area contributed by atoms with Gasteiger partial charge in [-0.05, 0) is 24.4 Å². The van der Waals surface area contributed by atoms with Crippen LogP contribution in [-0.2, 0) is 10.8 Å². The van der Waals surface area contributed by atoms with E-state index in [1.54, 1.807) is 23.8 Å². The number of pyridine rings is 1. The molecule has 0 aliphatic carbocycles. The van der Waals surface area contributed by atoms with E-state index in [1.807, 2.05) is 13.0 Å². The lowest BCUT2D eigenvalue weighted by Gasteiger charge is -2.13. The first kappa shape index (κ1) is 11.5. The Labute approximate surface area is 101 Å². The number of fused-ring (bicyclic) bond motifs is 1. The molecule has 0 saturated carbocycles. The van der Waals surface area contributed by atoms with Gasteiger partial charge in [-0.3, -0.25) is 4.21 Å². The standard InChI is InChI=1S/C11H14N2OS2/c1-8(7-16(2)14)13-11-9-4-6-15-10(9)3-5-12-11/h3-6,8H,7H2,1-2H3,(H,12,13). The van der Waals surface area contributed by atoms with E-state index in [2.05, 4.69) is 21.7 Å². The zero-order valence-corrected chi connectivity index (χ0v) is 10.9. The lowest BCUT2D eigenvalue weighted by Crippen LogP contribution is -2.22. The lowest BCUT2D eigenvalue weighted by atomic mass is 10.3. The van der Waals surface area contributed by atoms with Crippen LogP contribution in [0.4, 0.5) is 5.82 Å². The molecule has 0 aromatic carbocycles. The Morgan fingerprint density at radius 1 is 1.56 bits per heavy atom. The van der Waals surface area contributed by atoms with Crippen LogP contribution in [-0.4, -0.2) is 27.2 Å². The van der Waals surface area contributed by atoms with Crippen molar-refractivity contribution in [2.24, 2.45) is 0 Å². The van der Waals surface area contributed by atoms with E-state index in [0.717, 1.165) is 11.2 Å². The molecule has 3 nitrogen and oxygen atoms in total. The van der Waals surface area contributed by atoms with E-state index < -0.39 is 10.8 Å². The number of thiophene rings is 1. The molecular formula is C11H14N2OS2. The summed E-state index contributed by atoms with van der Waals surface area (Å²) >= 11 is 1.70. The molecule has 16 heavy (non-hydrogen) atoms. The number of nitrogens with one attached hydrogen (secondary N) is 1. The van der Waals surface area contributed by atoms with E-state index in [9.17, 15) is 4.21 Å². The maximum Gasteiger partial charge on any atom is 0.134 e. The van der Waals surface area contributed by atoms with Gasteiger partial charge in [0.2, 0.25) is 0 Å². The molecule has 0 bridgehead atoms. The van der Waals surface area contributed by atoms with Gasteiger partial charge in [0.1, 0.15) is 5.82 Å². The summed E-state index contributed by atoms with van der Waals surface area (Å²) in [6.45, 7) is 2.02. The molecule has 0 saturated heterocycles. The van der Waals surface area contributed by atoms with Crippen molar-refractivity contribution in [3.05, 3.63) is 23.7 Å². The van der Waals surface area contributed by atoms with Gasteiger partial charge >= 0.3 is 0 Å². The zero-order valence-electron chi connectivity index (χ0n) is 9.27. The van der Waals surface area contributed by atoms with Gasteiger partial charge in [-0.1, -0.05) is 0 Å². The first-order valence-electron chi connectivity index (χ1n) is 5.05. The number of anilines is 1. The Balaban J connectivity index is 2.20. The van der Waals surface area contributed by atoms with Gasteiger partial charge in [-0.15, -0.1) is 11.3 Å². The van der Waals surface area contributed by atoms with Crippen LogP contribution in [0.25, 0.3) is 10.1 Å². The Bertz CT molecular complexity index is 509. The summed E-state index contributed by atoms with van der Waals surface area (Å²) in [5.41, 5.74) is 0. The van der Waals surface area contributed by atoms with Crippen LogP contribution >= 0.6 is 11.3 Å². The van der Waals surface area contributed by atoms with Crippen molar-refractivity contribution in [1.82, 2.24) is 4.98 Å². The molecule has 2 aromatic heterocycles. The van der Waals surface area contributed by atoms with Gasteiger partial charge in [0, 0.05) is 45.1 Å². The van der Waals surface area contributed by atoms with Gasteiger partial charge < -0.3 is 5.32 Å². The van der Waals surface area contributed by atoms with Gasteiger partial charge in [-0.2, -0.15) is 0 Å². The molecule has 2 heterocycles. The molecule has 0 spiro atoms. The fourth-order valence-corrected chi connectivity index (χ4v) is 3.21. The van der Waals surface area contributed by atoms with Crippen LogP contribution in [0.1, 0.15) is 6.92 Å². The van der Waals surface area contributed by atoms with E-state index >= 15 is 0 Å². The molecule has 2 unspecified atom stereocenters. The Kier molecular flexibility index (Phi) is 3.56. The number of hydrogen-bond donors (Lipinski definition) is 1. The molecule has 0 aliphatic rings. The third kappa shape index (κ3) is 2.59. The maximum absolute atomic E-state index is 11.1. The number of hydrogen-bond acceptors (Lipinski definition) is 4. The van der Waals surface area contributed by atoms with Crippen molar-refractivity contribution in [3.63, 3.8) is 0 Å². The zero-order chi connectivity index (χ0) is 11.5. The quantitative estimate of drug-likeness (QED) is 0.911. The summed E-state index contributed by atoms with van der Waals surface area (Å²) in [6.07, 6.45) is 3.52. The van der Waals surface area contributed by atoms with Gasteiger partial charge in [-0.25, -0.2) is 4.98 Å². The number of rotatable bonds is 4. The number of nitrogens with zero attached hydrogens (tertiary/aromatic N) is 1. The summed E-state index contributed by atoms with van der Waals surface area (Å²) in [7, 11) is -0.781. The second-order valence-electron chi connectivity index (χ2n) is 3.78. The summed E-state index contributed by atoms with van der Waals surface area (Å²) in [4.78, 5) is 4.32. The van der Waals surface area contributed by atoms with E-state index in [1.165, 1.54) is 4.70 Å². The first-order valence-corrected chi connectivity index (χ1v) is 7.66. The fraction of sp³-hybridized carbons (Fsp3) is 0.364. The fourth-order valence-electron chi connectivity index (χ4n) is 1.64. The van der Waals surface area contributed by atoms with Crippen LogP contribution in [0.3, 0.4) is 0 Å². The molecule has 2 aromatic rings. The monoisotopic (exact) mass is 254 g/mol. The van der Waals surface area contributed by atoms with E-state index in [4.69, 9.17) is 0 Å². The minimum absolute atomic E-state index is 0.170. The molecular weight excluding hydrogens is 240 g/mol. The third-order valence-electron chi connectivity index (χ3n) is 2.25. The van der Waals surface area contributed by atoms with Crippen molar-refractivity contribution in [3.8, 4) is 0 Å². The topological polar surface area (TPSA) is 42.0 Å². The average Bonchev–Trinajstić information content (AvgIpc) is 2.65. The van der Waals surface area contributed by atoms with Crippen molar-refractivity contribution in [2.45, 2.75) is 13.0 Å². The summed E-state index contributed by atoms with van der Waals surface area (Å²) in [5.74, 6) is 1.53. The molecule has 2 atom stereocenters. The molecule has 86 valence electrons. The average molecular weight is 254 g/mol. The highest BCUT2D eigenvalue weighted by Gasteiger charge is 2.08. The second kappa shape index (κ2) is 4.93. The molecule has 0 aliphatic heterocycles. The normalized spacial score (nSPS) is 14.9. The minimum Gasteiger partial charge on any atom is -0.366 e. The molecule has 1 N–H and O–H groups in total. The Morgan fingerprint density at radius 2 is 2.38 bits per heavy atom. The predicted octanol–water partition coefficient (Wildman–Crippen LogP) is 2.48. The highest BCUT2D eigenvalue weighted by molar-refractivity contribution is 7.84. The van der Waals surface area contributed by atoms with Crippen molar-refractivity contribution in [1.29, 1.82) is 0 Å². The van der Waals surface area contributed by atoms with Crippen LogP contribution in [0.15, 0.2) is 23.7 Å². The van der Waals surface area contributed by atoms with Crippen LogP contribution in [0.5, 0.6) is 0 Å². The summed E-state index contributed by atoms with van der Waals surface area (Å²) in [5, 5.41) is 6.50. The second-order valence-corrected chi connectivity index (χ2v) is 6.20. The first-order chi connectivity index (χ1) is 7.66. The van der Waals surface area contributed by atoms with Gasteiger partial charge in [0.05, 0.1) is 0 Å². The highest BCUT2D eigenvalue weighted by atomic mass is 32.2. The molecule has 0 fully saturated rings. The van der Waals surface area contributed by atoms with Crippen molar-refractivity contribution < 1.29 is 4.21 Å². The van der Waals surface area contributed by atoms with Crippen LogP contribution in [0.2, 0.25) is 0 Å². The molecule has 0 amide bonds. The van der Waals surface area contributed by atoms with Crippen LogP contribution in [0, 0.1) is 0 Å². The van der Waals surface area contributed by atoms with Crippen molar-refractivity contribution >= 4 is 38.0 Å². The smallest absolute Gasteiger partial charge is 0.134 e. The van der Waals surface area contributed by atoms with Crippen LogP contribution < -0.4 is 5.32 Å². The molecule has 5 heteroatoms. The van der Waals surface area contributed by atoms with Gasteiger partial charge in [0.25, 0.3) is 0 Å². The predicted molar refractivity (Wildman–Crippen MR) is 71.6 cm³/mol.